The number of hydrogen-bond donors (Lipinski definition) is 2. The normalized spacial score (nSPS) is 12.2. The van der Waals surface area contributed by atoms with Gasteiger partial charge in [0, 0.05) is 19.4 Å². The number of aliphatic hydroxyl groups excluding tert-OH is 1. The van der Waals surface area contributed by atoms with E-state index in [4.69, 9.17) is 9.84 Å². The Kier molecular flexibility index (Phi) is 4.95. The minimum Gasteiger partial charge on any atom is -0.396 e. The molecule has 4 nitrogen and oxygen atoms in total. The van der Waals surface area contributed by atoms with E-state index in [1.165, 1.54) is 7.11 Å². The molecule has 0 spiro atoms. The fourth-order valence-corrected chi connectivity index (χ4v) is 1.23. The number of rotatable bonds is 5. The lowest BCUT2D eigenvalue weighted by Gasteiger charge is -2.10. The van der Waals surface area contributed by atoms with Crippen molar-refractivity contribution in [2.75, 3.05) is 19.0 Å². The van der Waals surface area contributed by atoms with Crippen LogP contribution in [0, 0.1) is 0 Å². The molecule has 0 saturated carbocycles. The molecule has 0 aliphatic rings. The van der Waals surface area contributed by atoms with Crippen LogP contribution in [0.2, 0.25) is 0 Å². The maximum atomic E-state index is 11.5. The molecule has 0 radical (unpaired) electrons. The molecular formula is C12H17NO3. The van der Waals surface area contributed by atoms with Crippen molar-refractivity contribution in [1.29, 1.82) is 0 Å². The van der Waals surface area contributed by atoms with Gasteiger partial charge in [-0.2, -0.15) is 0 Å². The molecule has 1 atom stereocenters. The van der Waals surface area contributed by atoms with E-state index in [0.29, 0.717) is 6.42 Å². The van der Waals surface area contributed by atoms with Gasteiger partial charge >= 0.3 is 0 Å². The molecule has 1 aromatic rings. The fourth-order valence-electron chi connectivity index (χ4n) is 1.23. The number of hydrogen-bond acceptors (Lipinski definition) is 3. The van der Waals surface area contributed by atoms with Crippen LogP contribution in [0.25, 0.3) is 0 Å². The van der Waals surface area contributed by atoms with Crippen LogP contribution in [-0.2, 0) is 16.0 Å². The van der Waals surface area contributed by atoms with Gasteiger partial charge in [-0.15, -0.1) is 0 Å². The van der Waals surface area contributed by atoms with Gasteiger partial charge in [-0.3, -0.25) is 4.79 Å². The van der Waals surface area contributed by atoms with Crippen molar-refractivity contribution in [3.05, 3.63) is 29.8 Å². The summed E-state index contributed by atoms with van der Waals surface area (Å²) in [7, 11) is 1.49. The summed E-state index contributed by atoms with van der Waals surface area (Å²) < 4.78 is 4.90. The number of carbonyl (C=O) groups is 1. The highest BCUT2D eigenvalue weighted by atomic mass is 16.5. The summed E-state index contributed by atoms with van der Waals surface area (Å²) in [6, 6.07) is 7.38. The quantitative estimate of drug-likeness (QED) is 0.788. The SMILES string of the molecule is COC(C)C(=O)Nc1ccc(CCO)cc1. The second-order valence-electron chi connectivity index (χ2n) is 3.54. The first-order valence-corrected chi connectivity index (χ1v) is 5.21. The zero-order valence-corrected chi connectivity index (χ0v) is 9.56. The Morgan fingerprint density at radius 1 is 1.44 bits per heavy atom. The van der Waals surface area contributed by atoms with E-state index in [1.807, 2.05) is 24.3 Å². The summed E-state index contributed by atoms with van der Waals surface area (Å²) in [6.45, 7) is 1.82. The molecule has 1 rings (SSSR count). The van der Waals surface area contributed by atoms with Crippen LogP contribution in [0.5, 0.6) is 0 Å². The maximum absolute atomic E-state index is 11.5. The predicted octanol–water partition coefficient (Wildman–Crippen LogP) is 1.19. The van der Waals surface area contributed by atoms with Crippen molar-refractivity contribution in [1.82, 2.24) is 0 Å². The zero-order chi connectivity index (χ0) is 12.0. The summed E-state index contributed by atoms with van der Waals surface area (Å²) in [5, 5.41) is 11.5. The Morgan fingerprint density at radius 3 is 2.56 bits per heavy atom. The first kappa shape index (κ1) is 12.7. The Balaban J connectivity index is 2.58. The Labute approximate surface area is 95.2 Å². The molecule has 0 saturated heterocycles. The van der Waals surface area contributed by atoms with Gasteiger partial charge in [-0.1, -0.05) is 12.1 Å². The summed E-state index contributed by atoms with van der Waals surface area (Å²) in [4.78, 5) is 11.5. The molecule has 1 unspecified atom stereocenters. The number of nitrogens with one attached hydrogen (secondary N) is 1. The number of benzene rings is 1. The molecule has 88 valence electrons. The fraction of sp³-hybridized carbons (Fsp3) is 0.417. The van der Waals surface area contributed by atoms with Gasteiger partial charge < -0.3 is 15.2 Å². The third-order valence-corrected chi connectivity index (χ3v) is 2.34. The number of ether oxygens (including phenoxy) is 1. The van der Waals surface area contributed by atoms with E-state index in [-0.39, 0.29) is 12.5 Å². The first-order valence-electron chi connectivity index (χ1n) is 5.21. The van der Waals surface area contributed by atoms with Gasteiger partial charge in [0.05, 0.1) is 0 Å². The lowest BCUT2D eigenvalue weighted by molar-refractivity contribution is -0.124. The predicted molar refractivity (Wildman–Crippen MR) is 62.3 cm³/mol. The Hall–Kier alpha value is -1.39. The van der Waals surface area contributed by atoms with Gasteiger partial charge in [0.2, 0.25) is 0 Å². The van der Waals surface area contributed by atoms with E-state index in [2.05, 4.69) is 5.32 Å². The number of amides is 1. The van der Waals surface area contributed by atoms with Crippen molar-refractivity contribution in [3.63, 3.8) is 0 Å². The first-order chi connectivity index (χ1) is 7.67. The van der Waals surface area contributed by atoms with Crippen molar-refractivity contribution in [2.45, 2.75) is 19.4 Å². The lowest BCUT2D eigenvalue weighted by Crippen LogP contribution is -2.26. The number of aliphatic hydroxyl groups is 1. The highest BCUT2D eigenvalue weighted by Crippen LogP contribution is 2.10. The van der Waals surface area contributed by atoms with Crippen LogP contribution < -0.4 is 5.32 Å². The van der Waals surface area contributed by atoms with Gasteiger partial charge in [0.25, 0.3) is 5.91 Å². The third kappa shape index (κ3) is 3.64. The molecule has 4 heteroatoms. The van der Waals surface area contributed by atoms with E-state index in [0.717, 1.165) is 11.3 Å². The molecule has 0 aliphatic carbocycles. The Bertz CT molecular complexity index is 335. The van der Waals surface area contributed by atoms with Crippen molar-refractivity contribution in [3.8, 4) is 0 Å². The van der Waals surface area contributed by atoms with Crippen LogP contribution >= 0.6 is 0 Å². The Morgan fingerprint density at radius 2 is 2.06 bits per heavy atom. The van der Waals surface area contributed by atoms with Crippen LogP contribution in [-0.4, -0.2) is 30.8 Å². The van der Waals surface area contributed by atoms with Crippen molar-refractivity contribution >= 4 is 11.6 Å². The minimum absolute atomic E-state index is 0.131. The molecule has 0 aliphatic heterocycles. The molecule has 1 aromatic carbocycles. The standard InChI is InChI=1S/C12H17NO3/c1-9(16-2)12(15)13-11-5-3-10(4-6-11)7-8-14/h3-6,9,14H,7-8H2,1-2H3,(H,13,15). The van der Waals surface area contributed by atoms with Crippen LogP contribution in [0.4, 0.5) is 5.69 Å². The van der Waals surface area contributed by atoms with E-state index in [9.17, 15) is 4.79 Å². The minimum atomic E-state index is -0.461. The zero-order valence-electron chi connectivity index (χ0n) is 9.56. The number of anilines is 1. The van der Waals surface area contributed by atoms with Gasteiger partial charge in [-0.25, -0.2) is 0 Å². The molecular weight excluding hydrogens is 206 g/mol. The molecule has 0 aromatic heterocycles. The average molecular weight is 223 g/mol. The third-order valence-electron chi connectivity index (χ3n) is 2.34. The summed E-state index contributed by atoms with van der Waals surface area (Å²) >= 11 is 0. The maximum Gasteiger partial charge on any atom is 0.253 e. The monoisotopic (exact) mass is 223 g/mol. The van der Waals surface area contributed by atoms with Crippen molar-refractivity contribution < 1.29 is 14.6 Å². The average Bonchev–Trinajstić information content (AvgIpc) is 2.31. The van der Waals surface area contributed by atoms with Crippen LogP contribution in [0.1, 0.15) is 12.5 Å². The topological polar surface area (TPSA) is 58.6 Å². The summed E-state index contributed by atoms with van der Waals surface area (Å²) in [5.41, 5.74) is 1.77. The second kappa shape index (κ2) is 6.25. The van der Waals surface area contributed by atoms with Gasteiger partial charge in [0.1, 0.15) is 6.10 Å². The van der Waals surface area contributed by atoms with E-state index < -0.39 is 6.10 Å². The van der Waals surface area contributed by atoms with Crippen molar-refractivity contribution in [2.24, 2.45) is 0 Å². The van der Waals surface area contributed by atoms with Crippen LogP contribution in [0.3, 0.4) is 0 Å². The van der Waals surface area contributed by atoms with Gasteiger partial charge in [-0.05, 0) is 31.0 Å². The lowest BCUT2D eigenvalue weighted by atomic mass is 10.1. The summed E-state index contributed by atoms with van der Waals surface area (Å²) in [6.07, 6.45) is 0.167. The smallest absolute Gasteiger partial charge is 0.253 e. The van der Waals surface area contributed by atoms with E-state index in [1.54, 1.807) is 6.92 Å². The molecule has 0 fully saturated rings. The second-order valence-corrected chi connectivity index (χ2v) is 3.54. The highest BCUT2D eigenvalue weighted by Gasteiger charge is 2.10. The van der Waals surface area contributed by atoms with E-state index >= 15 is 0 Å². The highest BCUT2D eigenvalue weighted by molar-refractivity contribution is 5.93. The molecule has 2 N–H and O–H groups in total. The summed E-state index contributed by atoms with van der Waals surface area (Å²) in [5.74, 6) is -0.169. The number of carbonyl (C=O) groups excluding carboxylic acids is 1. The number of methoxy groups -OCH3 is 1. The molecule has 1 amide bonds. The largest absolute Gasteiger partial charge is 0.396 e. The van der Waals surface area contributed by atoms with Crippen LogP contribution in [0.15, 0.2) is 24.3 Å². The van der Waals surface area contributed by atoms with Gasteiger partial charge in [0.15, 0.2) is 0 Å². The molecule has 0 bridgehead atoms. The molecule has 16 heavy (non-hydrogen) atoms. The molecule has 0 heterocycles.